The maximum absolute atomic E-state index is 12.1. The van der Waals surface area contributed by atoms with Crippen molar-refractivity contribution in [3.63, 3.8) is 0 Å². The number of halogens is 1. The minimum Gasteiger partial charge on any atom is -0.251 e. The summed E-state index contributed by atoms with van der Waals surface area (Å²) in [7, 11) is 0. The summed E-state index contributed by atoms with van der Waals surface area (Å²) in [4.78, 5) is 0. The SMILES string of the molecule is CCCC1CCC(CC[C@H]2CC[C@H](/C=C/CCCF)CC2)CC1. The van der Waals surface area contributed by atoms with E-state index in [4.69, 9.17) is 0 Å². The van der Waals surface area contributed by atoms with E-state index in [2.05, 4.69) is 19.1 Å². The molecule has 23 heavy (non-hydrogen) atoms. The largest absolute Gasteiger partial charge is 0.251 e. The first-order chi connectivity index (χ1) is 11.3. The monoisotopic (exact) mass is 322 g/mol. The zero-order valence-electron chi connectivity index (χ0n) is 15.4. The second kappa shape index (κ2) is 11.3. The van der Waals surface area contributed by atoms with Gasteiger partial charge in [0.2, 0.25) is 0 Å². The van der Waals surface area contributed by atoms with Gasteiger partial charge in [-0.1, -0.05) is 70.4 Å². The van der Waals surface area contributed by atoms with Crippen molar-refractivity contribution in [1.82, 2.24) is 0 Å². The van der Waals surface area contributed by atoms with Crippen LogP contribution in [0.5, 0.6) is 0 Å². The Balaban J connectivity index is 1.54. The molecule has 0 bridgehead atoms. The number of unbranched alkanes of at least 4 members (excludes halogenated alkanes) is 1. The fourth-order valence-electron chi connectivity index (χ4n) is 4.84. The van der Waals surface area contributed by atoms with Crippen molar-refractivity contribution in [2.45, 2.75) is 96.8 Å². The molecule has 0 unspecified atom stereocenters. The van der Waals surface area contributed by atoms with Crippen LogP contribution in [0.3, 0.4) is 0 Å². The highest BCUT2D eigenvalue weighted by atomic mass is 19.1. The molecule has 2 aliphatic rings. The topological polar surface area (TPSA) is 0 Å². The Hall–Kier alpha value is -0.330. The maximum Gasteiger partial charge on any atom is 0.0897 e. The van der Waals surface area contributed by atoms with Gasteiger partial charge in [-0.15, -0.1) is 0 Å². The molecule has 0 aliphatic heterocycles. The zero-order valence-corrected chi connectivity index (χ0v) is 15.4. The van der Waals surface area contributed by atoms with E-state index in [1.165, 1.54) is 77.0 Å². The van der Waals surface area contributed by atoms with Crippen molar-refractivity contribution < 1.29 is 4.39 Å². The molecule has 0 radical (unpaired) electrons. The van der Waals surface area contributed by atoms with E-state index < -0.39 is 0 Å². The molecule has 0 spiro atoms. The summed E-state index contributed by atoms with van der Waals surface area (Å²) in [6.45, 7) is 2.16. The van der Waals surface area contributed by atoms with Crippen molar-refractivity contribution >= 4 is 0 Å². The second-order valence-corrected chi connectivity index (χ2v) is 8.29. The lowest BCUT2D eigenvalue weighted by Gasteiger charge is -2.31. The Bertz CT molecular complexity index is 306. The summed E-state index contributed by atoms with van der Waals surface area (Å²) in [5, 5.41) is 0. The molecule has 0 amide bonds. The third kappa shape index (κ3) is 7.40. The van der Waals surface area contributed by atoms with Crippen molar-refractivity contribution in [3.8, 4) is 0 Å². The third-order valence-electron chi connectivity index (χ3n) is 6.45. The predicted molar refractivity (Wildman–Crippen MR) is 99.4 cm³/mol. The quantitative estimate of drug-likeness (QED) is 0.305. The highest BCUT2D eigenvalue weighted by Gasteiger charge is 2.23. The second-order valence-electron chi connectivity index (χ2n) is 8.29. The van der Waals surface area contributed by atoms with E-state index >= 15 is 0 Å². The number of alkyl halides is 1. The number of hydrogen-bond donors (Lipinski definition) is 0. The highest BCUT2D eigenvalue weighted by molar-refractivity contribution is 4.91. The van der Waals surface area contributed by atoms with Gasteiger partial charge in [-0.3, -0.25) is 4.39 Å². The molecule has 0 nitrogen and oxygen atoms in total. The summed E-state index contributed by atoms with van der Waals surface area (Å²) in [5.74, 6) is 3.88. The summed E-state index contributed by atoms with van der Waals surface area (Å²) < 4.78 is 12.1. The molecule has 0 aromatic rings. The molecular weight excluding hydrogens is 283 g/mol. The predicted octanol–water partition coefficient (Wildman–Crippen LogP) is 7.49. The van der Waals surface area contributed by atoms with Crippen LogP contribution in [0.1, 0.15) is 96.8 Å². The van der Waals surface area contributed by atoms with E-state index in [-0.39, 0.29) is 6.67 Å². The van der Waals surface area contributed by atoms with Crippen LogP contribution in [0.15, 0.2) is 12.2 Å². The van der Waals surface area contributed by atoms with Gasteiger partial charge in [0.1, 0.15) is 0 Å². The Morgan fingerprint density at radius 2 is 1.30 bits per heavy atom. The molecule has 1 heteroatoms. The summed E-state index contributed by atoms with van der Waals surface area (Å²) in [6, 6.07) is 0. The first kappa shape index (κ1) is 19.0. The highest BCUT2D eigenvalue weighted by Crippen LogP contribution is 2.37. The normalized spacial score (nSPS) is 32.4. The van der Waals surface area contributed by atoms with E-state index in [1.54, 1.807) is 0 Å². The molecule has 2 saturated carbocycles. The van der Waals surface area contributed by atoms with Crippen molar-refractivity contribution in [3.05, 3.63) is 12.2 Å². The minimum absolute atomic E-state index is 0.169. The van der Waals surface area contributed by atoms with Crippen LogP contribution in [0, 0.1) is 23.7 Å². The van der Waals surface area contributed by atoms with Crippen LogP contribution < -0.4 is 0 Å². The van der Waals surface area contributed by atoms with Gasteiger partial charge in [0.05, 0.1) is 6.67 Å². The van der Waals surface area contributed by atoms with E-state index in [0.717, 1.165) is 30.1 Å². The lowest BCUT2D eigenvalue weighted by molar-refractivity contribution is 0.221. The molecule has 2 rings (SSSR count). The number of allylic oxidation sites excluding steroid dienone is 2. The average Bonchev–Trinajstić information content (AvgIpc) is 2.59. The van der Waals surface area contributed by atoms with Crippen LogP contribution in [-0.2, 0) is 0 Å². The van der Waals surface area contributed by atoms with Gasteiger partial charge in [0.15, 0.2) is 0 Å². The fraction of sp³-hybridized carbons (Fsp3) is 0.909. The Morgan fingerprint density at radius 3 is 1.83 bits per heavy atom. The Morgan fingerprint density at radius 1 is 0.783 bits per heavy atom. The van der Waals surface area contributed by atoms with Gasteiger partial charge < -0.3 is 0 Å². The van der Waals surface area contributed by atoms with Crippen molar-refractivity contribution in [2.75, 3.05) is 6.67 Å². The molecule has 0 aromatic carbocycles. The Kier molecular flexibility index (Phi) is 9.31. The molecular formula is C22H39F. The zero-order chi connectivity index (χ0) is 16.3. The molecule has 134 valence electrons. The smallest absolute Gasteiger partial charge is 0.0897 e. The molecule has 0 saturated heterocycles. The van der Waals surface area contributed by atoms with E-state index in [0.29, 0.717) is 6.42 Å². The minimum atomic E-state index is -0.169. The molecule has 0 N–H and O–H groups in total. The molecule has 2 aliphatic carbocycles. The van der Waals surface area contributed by atoms with Gasteiger partial charge >= 0.3 is 0 Å². The van der Waals surface area contributed by atoms with E-state index in [1.807, 2.05) is 0 Å². The van der Waals surface area contributed by atoms with Crippen LogP contribution >= 0.6 is 0 Å². The van der Waals surface area contributed by atoms with E-state index in [9.17, 15) is 4.39 Å². The summed E-state index contributed by atoms with van der Waals surface area (Å²) in [6.07, 6.45) is 23.7. The standard InChI is InChI=1S/C22H39F/c1-2-6-19-8-12-21(13-9-19)16-17-22-14-10-20(11-15-22)7-4-3-5-18-23/h4,7,19-22H,2-3,5-6,8-18H2,1H3/b7-4+/t19?,20-,21?,22-. The van der Waals surface area contributed by atoms with Crippen LogP contribution in [-0.4, -0.2) is 6.67 Å². The number of rotatable bonds is 9. The molecule has 0 heterocycles. The van der Waals surface area contributed by atoms with Gasteiger partial charge in [-0.25, -0.2) is 0 Å². The summed E-state index contributed by atoms with van der Waals surface area (Å²) in [5.41, 5.74) is 0. The summed E-state index contributed by atoms with van der Waals surface area (Å²) >= 11 is 0. The van der Waals surface area contributed by atoms with Crippen LogP contribution in [0.2, 0.25) is 0 Å². The first-order valence-electron chi connectivity index (χ1n) is 10.5. The lowest BCUT2D eigenvalue weighted by Crippen LogP contribution is -2.17. The van der Waals surface area contributed by atoms with Crippen LogP contribution in [0.4, 0.5) is 4.39 Å². The van der Waals surface area contributed by atoms with Gasteiger partial charge in [-0.05, 0) is 62.2 Å². The van der Waals surface area contributed by atoms with Crippen LogP contribution in [0.25, 0.3) is 0 Å². The molecule has 0 aromatic heterocycles. The molecule has 0 atom stereocenters. The maximum atomic E-state index is 12.1. The van der Waals surface area contributed by atoms with Gasteiger partial charge in [0, 0.05) is 0 Å². The lowest BCUT2D eigenvalue weighted by atomic mass is 9.75. The van der Waals surface area contributed by atoms with Crippen molar-refractivity contribution in [2.24, 2.45) is 23.7 Å². The van der Waals surface area contributed by atoms with Gasteiger partial charge in [0.25, 0.3) is 0 Å². The van der Waals surface area contributed by atoms with Gasteiger partial charge in [-0.2, -0.15) is 0 Å². The van der Waals surface area contributed by atoms with Crippen molar-refractivity contribution in [1.29, 1.82) is 0 Å². The Labute approximate surface area is 144 Å². The fourth-order valence-corrected chi connectivity index (χ4v) is 4.84. The first-order valence-corrected chi connectivity index (χ1v) is 10.5. The number of hydrogen-bond acceptors (Lipinski definition) is 0. The third-order valence-corrected chi connectivity index (χ3v) is 6.45. The molecule has 2 fully saturated rings. The average molecular weight is 323 g/mol.